The third-order valence-corrected chi connectivity index (χ3v) is 5.00. The summed E-state index contributed by atoms with van der Waals surface area (Å²) >= 11 is 1.78. The lowest BCUT2D eigenvalue weighted by Gasteiger charge is -2.12. The number of aryl methyl sites for hydroxylation is 1. The molecule has 2 aromatic rings. The molecule has 6 nitrogen and oxygen atoms in total. The fourth-order valence-electron chi connectivity index (χ4n) is 2.38. The van der Waals surface area contributed by atoms with E-state index in [1.165, 1.54) is 4.88 Å². The molecule has 0 spiro atoms. The van der Waals surface area contributed by atoms with Crippen molar-refractivity contribution in [2.45, 2.75) is 26.4 Å². The van der Waals surface area contributed by atoms with E-state index in [9.17, 15) is 0 Å². The number of para-hydroxylation sites is 1. The van der Waals surface area contributed by atoms with Crippen molar-refractivity contribution < 1.29 is 9.47 Å². The second kappa shape index (κ2) is 11.5. The van der Waals surface area contributed by atoms with Crippen LogP contribution >= 0.6 is 11.3 Å². The number of thiazole rings is 1. The Balaban J connectivity index is 1.61. The monoisotopic (exact) mass is 376 g/mol. The molecule has 0 fully saturated rings. The summed E-state index contributed by atoms with van der Waals surface area (Å²) in [6, 6.07) is 7.88. The standard InChI is InChI=1S/C19H28N4O2S/c1-4-16-13-23-18(26-16)9-10-21-19(20-2)22-11-12-25-14-15-7-5-6-8-17(15)24-3/h5-8,13H,4,9-12,14H2,1-3H3,(H2,20,21,22). The minimum atomic E-state index is 0.529. The van der Waals surface area contributed by atoms with Gasteiger partial charge in [-0.15, -0.1) is 11.3 Å². The van der Waals surface area contributed by atoms with E-state index in [2.05, 4.69) is 27.5 Å². The summed E-state index contributed by atoms with van der Waals surface area (Å²) in [5.41, 5.74) is 1.05. The smallest absolute Gasteiger partial charge is 0.191 e. The number of hydrogen-bond donors (Lipinski definition) is 2. The first kappa shape index (κ1) is 20.2. The summed E-state index contributed by atoms with van der Waals surface area (Å²) < 4.78 is 11.0. The van der Waals surface area contributed by atoms with Gasteiger partial charge in [0.2, 0.25) is 0 Å². The lowest BCUT2D eigenvalue weighted by molar-refractivity contribution is 0.123. The lowest BCUT2D eigenvalue weighted by atomic mass is 10.2. The molecule has 1 aromatic carbocycles. The van der Waals surface area contributed by atoms with Crippen LogP contribution in [0.2, 0.25) is 0 Å². The van der Waals surface area contributed by atoms with Crippen LogP contribution in [0.15, 0.2) is 35.5 Å². The number of hydrogen-bond acceptors (Lipinski definition) is 5. The van der Waals surface area contributed by atoms with Crippen molar-refractivity contribution in [3.8, 4) is 5.75 Å². The summed E-state index contributed by atoms with van der Waals surface area (Å²) in [4.78, 5) is 9.98. The maximum atomic E-state index is 5.71. The summed E-state index contributed by atoms with van der Waals surface area (Å²) in [5, 5.41) is 7.71. The fourth-order valence-corrected chi connectivity index (χ4v) is 3.24. The Morgan fingerprint density at radius 1 is 1.23 bits per heavy atom. The molecule has 0 amide bonds. The van der Waals surface area contributed by atoms with E-state index in [1.54, 1.807) is 25.5 Å². The van der Waals surface area contributed by atoms with Crippen molar-refractivity contribution >= 4 is 17.3 Å². The zero-order chi connectivity index (χ0) is 18.6. The SMILES string of the molecule is CCc1cnc(CCNC(=NC)NCCOCc2ccccc2OC)s1. The number of nitrogens with zero attached hydrogens (tertiary/aromatic N) is 2. The minimum absolute atomic E-state index is 0.529. The van der Waals surface area contributed by atoms with Gasteiger partial charge in [0, 0.05) is 43.2 Å². The number of aliphatic imine (C=N–C) groups is 1. The molecule has 0 atom stereocenters. The van der Waals surface area contributed by atoms with Gasteiger partial charge in [-0.3, -0.25) is 4.99 Å². The van der Waals surface area contributed by atoms with Crippen LogP contribution < -0.4 is 15.4 Å². The fraction of sp³-hybridized carbons (Fsp3) is 0.474. The molecule has 0 bridgehead atoms. The quantitative estimate of drug-likeness (QED) is 0.379. The Hall–Kier alpha value is -2.12. The number of benzene rings is 1. The van der Waals surface area contributed by atoms with Gasteiger partial charge in [-0.25, -0.2) is 4.98 Å². The van der Waals surface area contributed by atoms with Crippen LogP contribution in [-0.2, 0) is 24.2 Å². The van der Waals surface area contributed by atoms with Gasteiger partial charge in [-0.1, -0.05) is 25.1 Å². The highest BCUT2D eigenvalue weighted by Crippen LogP contribution is 2.17. The van der Waals surface area contributed by atoms with E-state index >= 15 is 0 Å². The van der Waals surface area contributed by atoms with Crippen molar-refractivity contribution in [2.24, 2.45) is 4.99 Å². The number of nitrogens with one attached hydrogen (secondary N) is 2. The van der Waals surface area contributed by atoms with Crippen LogP contribution in [-0.4, -0.2) is 44.8 Å². The topological polar surface area (TPSA) is 67.8 Å². The normalized spacial score (nSPS) is 11.4. The van der Waals surface area contributed by atoms with Crippen molar-refractivity contribution in [2.75, 3.05) is 33.9 Å². The van der Waals surface area contributed by atoms with Gasteiger partial charge in [0.1, 0.15) is 5.75 Å². The number of guanidine groups is 1. The van der Waals surface area contributed by atoms with Crippen LogP contribution in [0.5, 0.6) is 5.75 Å². The minimum Gasteiger partial charge on any atom is -0.496 e. The molecule has 7 heteroatoms. The van der Waals surface area contributed by atoms with Crippen molar-refractivity contribution in [3.63, 3.8) is 0 Å². The Bertz CT molecular complexity index is 688. The molecular weight excluding hydrogens is 348 g/mol. The van der Waals surface area contributed by atoms with Crippen molar-refractivity contribution in [3.05, 3.63) is 45.9 Å². The Kier molecular flexibility index (Phi) is 8.92. The molecule has 26 heavy (non-hydrogen) atoms. The highest BCUT2D eigenvalue weighted by molar-refractivity contribution is 7.11. The molecule has 0 saturated carbocycles. The maximum absolute atomic E-state index is 5.71. The molecule has 0 aliphatic rings. The second-order valence-corrected chi connectivity index (χ2v) is 6.81. The van der Waals surface area contributed by atoms with Gasteiger partial charge in [0.15, 0.2) is 5.96 Å². The molecule has 0 aliphatic carbocycles. The molecule has 1 aromatic heterocycles. The largest absolute Gasteiger partial charge is 0.496 e. The second-order valence-electron chi connectivity index (χ2n) is 5.61. The van der Waals surface area contributed by atoms with Crippen molar-refractivity contribution in [1.29, 1.82) is 0 Å². The third kappa shape index (κ3) is 6.65. The summed E-state index contributed by atoms with van der Waals surface area (Å²) in [6.07, 6.45) is 3.91. The summed E-state index contributed by atoms with van der Waals surface area (Å²) in [7, 11) is 3.44. The van der Waals surface area contributed by atoms with E-state index in [-0.39, 0.29) is 0 Å². The Morgan fingerprint density at radius 3 is 2.77 bits per heavy atom. The van der Waals surface area contributed by atoms with Gasteiger partial charge < -0.3 is 20.1 Å². The predicted octanol–water partition coefficient (Wildman–Crippen LogP) is 2.64. The van der Waals surface area contributed by atoms with Gasteiger partial charge in [-0.2, -0.15) is 0 Å². The van der Waals surface area contributed by atoms with Crippen LogP contribution in [0.3, 0.4) is 0 Å². The van der Waals surface area contributed by atoms with E-state index < -0.39 is 0 Å². The van der Waals surface area contributed by atoms with Gasteiger partial charge in [0.25, 0.3) is 0 Å². The number of rotatable bonds is 10. The van der Waals surface area contributed by atoms with Crippen LogP contribution in [0.25, 0.3) is 0 Å². The van der Waals surface area contributed by atoms with E-state index in [4.69, 9.17) is 9.47 Å². The van der Waals surface area contributed by atoms with E-state index in [1.807, 2.05) is 30.5 Å². The van der Waals surface area contributed by atoms with E-state index in [0.717, 1.165) is 41.7 Å². The summed E-state index contributed by atoms with van der Waals surface area (Å²) in [6.45, 7) is 4.76. The van der Waals surface area contributed by atoms with Gasteiger partial charge in [-0.05, 0) is 12.5 Å². The zero-order valence-corrected chi connectivity index (χ0v) is 16.6. The average Bonchev–Trinajstić information content (AvgIpc) is 3.14. The number of methoxy groups -OCH3 is 1. The maximum Gasteiger partial charge on any atom is 0.191 e. The molecule has 0 radical (unpaired) electrons. The first-order valence-corrected chi connectivity index (χ1v) is 9.66. The third-order valence-electron chi connectivity index (χ3n) is 3.79. The van der Waals surface area contributed by atoms with Crippen LogP contribution in [0.4, 0.5) is 0 Å². The first-order valence-electron chi connectivity index (χ1n) is 8.84. The molecule has 1 heterocycles. The molecule has 0 saturated heterocycles. The summed E-state index contributed by atoms with van der Waals surface area (Å²) in [5.74, 6) is 1.63. The first-order chi connectivity index (χ1) is 12.8. The highest BCUT2D eigenvalue weighted by Gasteiger charge is 2.03. The van der Waals surface area contributed by atoms with Gasteiger partial charge in [0.05, 0.1) is 25.3 Å². The molecule has 2 rings (SSSR count). The number of ether oxygens (including phenoxy) is 2. The molecule has 0 unspecified atom stereocenters. The van der Waals surface area contributed by atoms with Crippen LogP contribution in [0, 0.1) is 0 Å². The van der Waals surface area contributed by atoms with Crippen molar-refractivity contribution in [1.82, 2.24) is 15.6 Å². The predicted molar refractivity (Wildman–Crippen MR) is 107 cm³/mol. The Morgan fingerprint density at radius 2 is 2.04 bits per heavy atom. The average molecular weight is 377 g/mol. The van der Waals surface area contributed by atoms with E-state index in [0.29, 0.717) is 19.8 Å². The lowest BCUT2D eigenvalue weighted by Crippen LogP contribution is -2.39. The molecule has 0 aliphatic heterocycles. The molecule has 142 valence electrons. The molecular formula is C19H28N4O2S. The zero-order valence-electron chi connectivity index (χ0n) is 15.7. The molecule has 2 N–H and O–H groups in total. The van der Waals surface area contributed by atoms with Gasteiger partial charge >= 0.3 is 0 Å². The van der Waals surface area contributed by atoms with Crippen LogP contribution in [0.1, 0.15) is 22.4 Å². The highest BCUT2D eigenvalue weighted by atomic mass is 32.1. The number of aromatic nitrogens is 1. The Labute approximate surface area is 159 Å².